The van der Waals surface area contributed by atoms with Gasteiger partial charge in [-0.25, -0.2) is 4.39 Å². The summed E-state index contributed by atoms with van der Waals surface area (Å²) in [6, 6.07) is 6.67. The van der Waals surface area contributed by atoms with Crippen molar-refractivity contribution >= 4 is 0 Å². The fraction of sp³-hybridized carbons (Fsp3) is 0.538. The summed E-state index contributed by atoms with van der Waals surface area (Å²) < 4.78 is 13.1. The van der Waals surface area contributed by atoms with Crippen molar-refractivity contribution < 1.29 is 9.50 Å². The van der Waals surface area contributed by atoms with E-state index in [1.54, 1.807) is 12.1 Å². The van der Waals surface area contributed by atoms with Gasteiger partial charge in [-0.3, -0.25) is 0 Å². The van der Waals surface area contributed by atoms with Crippen LogP contribution in [0.25, 0.3) is 0 Å². The predicted molar refractivity (Wildman–Crippen MR) is 61.7 cm³/mol. The number of rotatable bonds is 3. The van der Waals surface area contributed by atoms with E-state index in [1.807, 2.05) is 6.07 Å². The van der Waals surface area contributed by atoms with Crippen LogP contribution in [0.3, 0.4) is 0 Å². The maximum atomic E-state index is 13.1. The van der Waals surface area contributed by atoms with Gasteiger partial charge in [0.15, 0.2) is 0 Å². The molecule has 3 heteroatoms. The Bertz CT molecular complexity index is 348. The maximum Gasteiger partial charge on any atom is 0.123 e. The summed E-state index contributed by atoms with van der Waals surface area (Å²) in [5.74, 6) is -0.200. The summed E-state index contributed by atoms with van der Waals surface area (Å²) in [6.45, 7) is 2.00. The summed E-state index contributed by atoms with van der Waals surface area (Å²) in [4.78, 5) is 0. The minimum absolute atomic E-state index is 0.105. The molecule has 1 aromatic carbocycles. The van der Waals surface area contributed by atoms with Crippen molar-refractivity contribution in [2.75, 3.05) is 19.7 Å². The standard InChI is InChI=1S/C13H18FNO/c14-12-4-1-3-11(7-12)8-13(10-16)5-2-6-15-9-13/h1,3-4,7,15-16H,2,5-6,8-10H2. The van der Waals surface area contributed by atoms with Gasteiger partial charge in [-0.05, 0) is 43.5 Å². The molecule has 88 valence electrons. The van der Waals surface area contributed by atoms with Gasteiger partial charge in [-0.1, -0.05) is 12.1 Å². The Kier molecular flexibility index (Phi) is 3.56. The number of benzene rings is 1. The van der Waals surface area contributed by atoms with Gasteiger partial charge in [0.1, 0.15) is 5.82 Å². The van der Waals surface area contributed by atoms with E-state index in [4.69, 9.17) is 0 Å². The molecule has 1 fully saturated rings. The summed E-state index contributed by atoms with van der Waals surface area (Å²) in [6.07, 6.45) is 2.83. The highest BCUT2D eigenvalue weighted by Gasteiger charge is 2.31. The highest BCUT2D eigenvalue weighted by Crippen LogP contribution is 2.30. The minimum Gasteiger partial charge on any atom is -0.396 e. The third-order valence-electron chi connectivity index (χ3n) is 3.36. The molecule has 0 spiro atoms. The van der Waals surface area contributed by atoms with Crippen molar-refractivity contribution in [1.82, 2.24) is 5.32 Å². The number of hydrogen-bond acceptors (Lipinski definition) is 2. The normalized spacial score (nSPS) is 25.6. The summed E-state index contributed by atoms with van der Waals surface area (Å²) >= 11 is 0. The average molecular weight is 223 g/mol. The predicted octanol–water partition coefficient (Wildman–Crippen LogP) is 1.73. The molecule has 1 aromatic rings. The zero-order chi connectivity index (χ0) is 11.4. The SMILES string of the molecule is OCC1(Cc2cccc(F)c2)CCCNC1. The molecule has 0 amide bonds. The quantitative estimate of drug-likeness (QED) is 0.818. The van der Waals surface area contributed by atoms with Crippen LogP contribution in [0.2, 0.25) is 0 Å². The van der Waals surface area contributed by atoms with E-state index in [0.717, 1.165) is 37.9 Å². The fourth-order valence-electron chi connectivity index (χ4n) is 2.45. The zero-order valence-corrected chi connectivity index (χ0v) is 9.38. The molecule has 1 saturated heterocycles. The number of piperidine rings is 1. The van der Waals surface area contributed by atoms with Crippen molar-refractivity contribution in [2.24, 2.45) is 5.41 Å². The lowest BCUT2D eigenvalue weighted by Crippen LogP contribution is -2.44. The molecular weight excluding hydrogens is 205 g/mol. The fourth-order valence-corrected chi connectivity index (χ4v) is 2.45. The third kappa shape index (κ3) is 2.60. The molecule has 2 N–H and O–H groups in total. The molecule has 0 saturated carbocycles. The Morgan fingerprint density at radius 3 is 2.94 bits per heavy atom. The first kappa shape index (κ1) is 11.6. The van der Waals surface area contributed by atoms with E-state index >= 15 is 0 Å². The molecule has 1 heterocycles. The molecule has 1 aliphatic rings. The van der Waals surface area contributed by atoms with Crippen LogP contribution >= 0.6 is 0 Å². The lowest BCUT2D eigenvalue weighted by molar-refractivity contribution is 0.0947. The van der Waals surface area contributed by atoms with Gasteiger partial charge in [0.25, 0.3) is 0 Å². The monoisotopic (exact) mass is 223 g/mol. The van der Waals surface area contributed by atoms with Gasteiger partial charge in [-0.15, -0.1) is 0 Å². The van der Waals surface area contributed by atoms with Gasteiger partial charge >= 0.3 is 0 Å². The van der Waals surface area contributed by atoms with Crippen molar-refractivity contribution in [1.29, 1.82) is 0 Å². The van der Waals surface area contributed by atoms with Crippen LogP contribution < -0.4 is 5.32 Å². The highest BCUT2D eigenvalue weighted by atomic mass is 19.1. The van der Waals surface area contributed by atoms with Crippen LogP contribution in [0.4, 0.5) is 4.39 Å². The van der Waals surface area contributed by atoms with E-state index < -0.39 is 0 Å². The second-order valence-corrected chi connectivity index (χ2v) is 4.75. The van der Waals surface area contributed by atoms with Gasteiger partial charge in [0, 0.05) is 12.0 Å². The second-order valence-electron chi connectivity index (χ2n) is 4.75. The van der Waals surface area contributed by atoms with Crippen LogP contribution in [-0.4, -0.2) is 24.8 Å². The molecule has 2 nitrogen and oxygen atoms in total. The Labute approximate surface area is 95.5 Å². The Balaban J connectivity index is 2.11. The molecule has 1 unspecified atom stereocenters. The summed E-state index contributed by atoms with van der Waals surface area (Å²) in [7, 11) is 0. The van der Waals surface area contributed by atoms with Gasteiger partial charge < -0.3 is 10.4 Å². The number of halogens is 1. The zero-order valence-electron chi connectivity index (χ0n) is 9.38. The average Bonchev–Trinajstić information content (AvgIpc) is 2.30. The first-order valence-corrected chi connectivity index (χ1v) is 5.80. The summed E-state index contributed by atoms with van der Waals surface area (Å²) in [5, 5.41) is 12.8. The van der Waals surface area contributed by atoms with Crippen molar-refractivity contribution in [3.8, 4) is 0 Å². The van der Waals surface area contributed by atoms with Crippen LogP contribution in [-0.2, 0) is 6.42 Å². The largest absolute Gasteiger partial charge is 0.396 e. The highest BCUT2D eigenvalue weighted by molar-refractivity contribution is 5.18. The molecule has 0 aliphatic carbocycles. The van der Waals surface area contributed by atoms with Gasteiger partial charge in [-0.2, -0.15) is 0 Å². The molecule has 16 heavy (non-hydrogen) atoms. The Hall–Kier alpha value is -0.930. The number of aliphatic hydroxyl groups is 1. The first-order chi connectivity index (χ1) is 7.74. The molecular formula is C13H18FNO. The lowest BCUT2D eigenvalue weighted by atomic mass is 9.76. The number of nitrogens with one attached hydrogen (secondary N) is 1. The van der Waals surface area contributed by atoms with Crippen LogP contribution in [0.1, 0.15) is 18.4 Å². The van der Waals surface area contributed by atoms with E-state index in [-0.39, 0.29) is 17.8 Å². The van der Waals surface area contributed by atoms with E-state index in [0.29, 0.717) is 0 Å². The Morgan fingerprint density at radius 2 is 2.31 bits per heavy atom. The molecule has 0 radical (unpaired) electrons. The topological polar surface area (TPSA) is 32.3 Å². The molecule has 1 atom stereocenters. The first-order valence-electron chi connectivity index (χ1n) is 5.80. The maximum absolute atomic E-state index is 13.1. The smallest absolute Gasteiger partial charge is 0.123 e. The van der Waals surface area contributed by atoms with E-state index in [2.05, 4.69) is 5.32 Å². The van der Waals surface area contributed by atoms with Crippen molar-refractivity contribution in [3.63, 3.8) is 0 Å². The number of aliphatic hydroxyl groups excluding tert-OH is 1. The van der Waals surface area contributed by atoms with Gasteiger partial charge in [0.05, 0.1) is 6.61 Å². The van der Waals surface area contributed by atoms with E-state index in [1.165, 1.54) is 6.07 Å². The van der Waals surface area contributed by atoms with Crippen molar-refractivity contribution in [2.45, 2.75) is 19.3 Å². The Morgan fingerprint density at radius 1 is 1.44 bits per heavy atom. The van der Waals surface area contributed by atoms with Crippen LogP contribution in [0.15, 0.2) is 24.3 Å². The van der Waals surface area contributed by atoms with E-state index in [9.17, 15) is 9.50 Å². The van der Waals surface area contributed by atoms with Crippen LogP contribution in [0.5, 0.6) is 0 Å². The molecule has 2 rings (SSSR count). The van der Waals surface area contributed by atoms with Crippen LogP contribution in [0, 0.1) is 11.2 Å². The summed E-state index contributed by atoms with van der Waals surface area (Å²) in [5.41, 5.74) is 0.865. The van der Waals surface area contributed by atoms with Crippen molar-refractivity contribution in [3.05, 3.63) is 35.6 Å². The van der Waals surface area contributed by atoms with Gasteiger partial charge in [0.2, 0.25) is 0 Å². The molecule has 0 aromatic heterocycles. The molecule has 0 bridgehead atoms. The third-order valence-corrected chi connectivity index (χ3v) is 3.36. The number of hydrogen-bond donors (Lipinski definition) is 2. The minimum atomic E-state index is -0.200. The second kappa shape index (κ2) is 4.93. The lowest BCUT2D eigenvalue weighted by Gasteiger charge is -2.36. The molecule has 1 aliphatic heterocycles.